The number of aromatic nitrogens is 1. The lowest BCUT2D eigenvalue weighted by Gasteiger charge is -2.04. The normalized spacial score (nSPS) is 10.1. The van der Waals surface area contributed by atoms with E-state index in [4.69, 9.17) is 5.73 Å². The lowest BCUT2D eigenvalue weighted by atomic mass is 10.2. The van der Waals surface area contributed by atoms with Crippen LogP contribution in [0.1, 0.15) is 29.6 Å². The molecule has 4 nitrogen and oxygen atoms in total. The van der Waals surface area contributed by atoms with Gasteiger partial charge in [-0.25, -0.2) is 0 Å². The number of carbonyl (C=O) groups excluding carboxylic acids is 1. The van der Waals surface area contributed by atoms with E-state index >= 15 is 0 Å². The summed E-state index contributed by atoms with van der Waals surface area (Å²) in [6.07, 6.45) is 6.23. The third-order valence-corrected chi connectivity index (χ3v) is 2.57. The fraction of sp³-hybridized carbons (Fsp3) is 0.455. The van der Waals surface area contributed by atoms with Gasteiger partial charge in [0, 0.05) is 23.4 Å². The second-order valence-corrected chi connectivity index (χ2v) is 4.41. The quantitative estimate of drug-likeness (QED) is 0.782. The number of hydrogen-bond donors (Lipinski definition) is 2. The lowest BCUT2D eigenvalue weighted by molar-refractivity contribution is 0.0952. The Hall–Kier alpha value is -0.940. The first-order valence-electron chi connectivity index (χ1n) is 5.33. The van der Waals surface area contributed by atoms with E-state index in [9.17, 15) is 4.79 Å². The van der Waals surface area contributed by atoms with Gasteiger partial charge in [-0.05, 0) is 41.4 Å². The summed E-state index contributed by atoms with van der Waals surface area (Å²) in [4.78, 5) is 15.6. The van der Waals surface area contributed by atoms with Crippen molar-refractivity contribution >= 4 is 21.8 Å². The van der Waals surface area contributed by atoms with Crippen molar-refractivity contribution in [1.82, 2.24) is 10.3 Å². The van der Waals surface area contributed by atoms with Crippen molar-refractivity contribution in [3.05, 3.63) is 28.5 Å². The third kappa shape index (κ3) is 4.72. The molecule has 0 unspecified atom stereocenters. The molecule has 1 heterocycles. The molecule has 16 heavy (non-hydrogen) atoms. The van der Waals surface area contributed by atoms with E-state index < -0.39 is 0 Å². The van der Waals surface area contributed by atoms with E-state index in [1.165, 1.54) is 0 Å². The molecule has 0 bridgehead atoms. The monoisotopic (exact) mass is 285 g/mol. The summed E-state index contributed by atoms with van der Waals surface area (Å²) in [7, 11) is 0. The fourth-order valence-electron chi connectivity index (χ4n) is 1.29. The summed E-state index contributed by atoms with van der Waals surface area (Å²) in [5, 5.41) is 2.84. The molecule has 0 saturated carbocycles. The Labute approximate surface area is 104 Å². The highest BCUT2D eigenvalue weighted by Gasteiger charge is 2.04. The molecule has 0 atom stereocenters. The second kappa shape index (κ2) is 7.35. The van der Waals surface area contributed by atoms with Gasteiger partial charge in [0.05, 0.1) is 5.56 Å². The molecule has 0 aliphatic heterocycles. The van der Waals surface area contributed by atoms with Crippen LogP contribution >= 0.6 is 15.9 Å². The molecule has 88 valence electrons. The van der Waals surface area contributed by atoms with Crippen molar-refractivity contribution in [2.45, 2.75) is 19.3 Å². The molecule has 5 heteroatoms. The van der Waals surface area contributed by atoms with Gasteiger partial charge in [-0.2, -0.15) is 0 Å². The summed E-state index contributed by atoms with van der Waals surface area (Å²) in [6, 6.07) is 1.75. The molecular formula is C11H16BrN3O. The average Bonchev–Trinajstić information content (AvgIpc) is 2.28. The van der Waals surface area contributed by atoms with Gasteiger partial charge in [0.1, 0.15) is 0 Å². The standard InChI is InChI=1S/C11H16BrN3O/c12-10-6-9(7-14-8-10)11(16)15-5-3-1-2-4-13/h6-8H,1-5,13H2,(H,15,16). The van der Waals surface area contributed by atoms with Crippen LogP contribution in [0.25, 0.3) is 0 Å². The van der Waals surface area contributed by atoms with Crippen molar-refractivity contribution in [1.29, 1.82) is 0 Å². The number of pyridine rings is 1. The first-order valence-corrected chi connectivity index (χ1v) is 6.12. The van der Waals surface area contributed by atoms with Crippen LogP contribution in [0.5, 0.6) is 0 Å². The van der Waals surface area contributed by atoms with Gasteiger partial charge in [-0.3, -0.25) is 9.78 Å². The fourth-order valence-corrected chi connectivity index (χ4v) is 1.65. The molecule has 1 amide bonds. The van der Waals surface area contributed by atoms with Crippen molar-refractivity contribution in [2.75, 3.05) is 13.1 Å². The Morgan fingerprint density at radius 1 is 1.38 bits per heavy atom. The Morgan fingerprint density at radius 2 is 2.19 bits per heavy atom. The van der Waals surface area contributed by atoms with Crippen molar-refractivity contribution < 1.29 is 4.79 Å². The molecule has 0 aliphatic carbocycles. The van der Waals surface area contributed by atoms with Gasteiger partial charge >= 0.3 is 0 Å². The Balaban J connectivity index is 2.30. The third-order valence-electron chi connectivity index (χ3n) is 2.13. The van der Waals surface area contributed by atoms with E-state index in [0.29, 0.717) is 18.7 Å². The SMILES string of the molecule is NCCCCCNC(=O)c1cncc(Br)c1. The Kier molecular flexibility index (Phi) is 6.03. The van der Waals surface area contributed by atoms with Gasteiger partial charge in [0.25, 0.3) is 5.91 Å². The summed E-state index contributed by atoms with van der Waals surface area (Å²) >= 11 is 3.28. The molecule has 0 spiro atoms. The van der Waals surface area contributed by atoms with Gasteiger partial charge in [-0.15, -0.1) is 0 Å². The first kappa shape index (κ1) is 13.1. The summed E-state index contributed by atoms with van der Waals surface area (Å²) in [5.41, 5.74) is 5.95. The van der Waals surface area contributed by atoms with E-state index in [2.05, 4.69) is 26.2 Å². The second-order valence-electron chi connectivity index (χ2n) is 3.50. The summed E-state index contributed by atoms with van der Waals surface area (Å²) < 4.78 is 0.809. The molecule has 0 radical (unpaired) electrons. The van der Waals surface area contributed by atoms with Gasteiger partial charge < -0.3 is 11.1 Å². The predicted octanol–water partition coefficient (Wildman–Crippen LogP) is 1.70. The minimum atomic E-state index is -0.0819. The first-order chi connectivity index (χ1) is 7.74. The zero-order chi connectivity index (χ0) is 11.8. The van der Waals surface area contributed by atoms with Crippen LogP contribution in [0.15, 0.2) is 22.9 Å². The highest BCUT2D eigenvalue weighted by Crippen LogP contribution is 2.09. The largest absolute Gasteiger partial charge is 0.352 e. The Bertz CT molecular complexity index is 344. The highest BCUT2D eigenvalue weighted by atomic mass is 79.9. The van der Waals surface area contributed by atoms with Gasteiger partial charge in [0.15, 0.2) is 0 Å². The number of rotatable bonds is 6. The average molecular weight is 286 g/mol. The minimum absolute atomic E-state index is 0.0819. The molecule has 0 fully saturated rings. The van der Waals surface area contributed by atoms with Crippen LogP contribution in [0.4, 0.5) is 0 Å². The molecular weight excluding hydrogens is 270 g/mol. The maximum atomic E-state index is 11.6. The molecule has 3 N–H and O–H groups in total. The van der Waals surface area contributed by atoms with E-state index in [0.717, 1.165) is 23.7 Å². The van der Waals surface area contributed by atoms with Gasteiger partial charge in [-0.1, -0.05) is 6.42 Å². The lowest BCUT2D eigenvalue weighted by Crippen LogP contribution is -2.24. The van der Waals surface area contributed by atoms with Crippen LogP contribution in [0.3, 0.4) is 0 Å². The number of nitrogens with one attached hydrogen (secondary N) is 1. The zero-order valence-electron chi connectivity index (χ0n) is 9.08. The molecule has 0 aromatic carbocycles. The highest BCUT2D eigenvalue weighted by molar-refractivity contribution is 9.10. The maximum Gasteiger partial charge on any atom is 0.252 e. The van der Waals surface area contributed by atoms with Crippen LogP contribution < -0.4 is 11.1 Å². The van der Waals surface area contributed by atoms with Gasteiger partial charge in [0.2, 0.25) is 0 Å². The van der Waals surface area contributed by atoms with Crippen LogP contribution in [-0.2, 0) is 0 Å². The molecule has 1 aromatic rings. The number of nitrogens with two attached hydrogens (primary N) is 1. The van der Waals surface area contributed by atoms with E-state index in [-0.39, 0.29) is 5.91 Å². The molecule has 0 aliphatic rings. The van der Waals surface area contributed by atoms with Crippen molar-refractivity contribution in [3.8, 4) is 0 Å². The smallest absolute Gasteiger partial charge is 0.252 e. The molecule has 1 aromatic heterocycles. The molecule has 0 saturated heterocycles. The Morgan fingerprint density at radius 3 is 2.88 bits per heavy atom. The van der Waals surface area contributed by atoms with Crippen LogP contribution in [0, 0.1) is 0 Å². The number of carbonyl (C=O) groups is 1. The molecule has 1 rings (SSSR count). The van der Waals surface area contributed by atoms with Crippen LogP contribution in [0.2, 0.25) is 0 Å². The van der Waals surface area contributed by atoms with E-state index in [1.807, 2.05) is 0 Å². The summed E-state index contributed by atoms with van der Waals surface area (Å²) in [5.74, 6) is -0.0819. The van der Waals surface area contributed by atoms with Crippen molar-refractivity contribution in [3.63, 3.8) is 0 Å². The maximum absolute atomic E-state index is 11.6. The summed E-state index contributed by atoms with van der Waals surface area (Å²) in [6.45, 7) is 1.40. The topological polar surface area (TPSA) is 68.0 Å². The number of halogens is 1. The van der Waals surface area contributed by atoms with Crippen LogP contribution in [-0.4, -0.2) is 24.0 Å². The minimum Gasteiger partial charge on any atom is -0.352 e. The predicted molar refractivity (Wildman–Crippen MR) is 67.2 cm³/mol. The van der Waals surface area contributed by atoms with E-state index in [1.54, 1.807) is 18.5 Å². The number of amides is 1. The number of nitrogens with zero attached hydrogens (tertiary/aromatic N) is 1. The zero-order valence-corrected chi connectivity index (χ0v) is 10.7. The number of hydrogen-bond acceptors (Lipinski definition) is 3. The number of unbranched alkanes of at least 4 members (excludes halogenated alkanes) is 2. The van der Waals surface area contributed by atoms with Crippen molar-refractivity contribution in [2.24, 2.45) is 5.73 Å².